The van der Waals surface area contributed by atoms with E-state index in [1.54, 1.807) is 0 Å². The quantitative estimate of drug-likeness (QED) is 0.779. The number of hydrogen-bond acceptors (Lipinski definition) is 2. The summed E-state index contributed by atoms with van der Waals surface area (Å²) in [6, 6.07) is 2.01. The van der Waals surface area contributed by atoms with Crippen LogP contribution in [-0.4, -0.2) is 11.6 Å². The summed E-state index contributed by atoms with van der Waals surface area (Å²) in [5.74, 6) is 2.56. The number of hydrogen-bond donors (Lipinski definition) is 0. The Morgan fingerprint density at radius 3 is 2.80 bits per heavy atom. The molecule has 2 aliphatic rings. The van der Waals surface area contributed by atoms with Gasteiger partial charge in [-0.15, -0.1) is 0 Å². The van der Waals surface area contributed by atoms with Crippen LogP contribution in [0.25, 0.3) is 0 Å². The van der Waals surface area contributed by atoms with E-state index in [1.807, 2.05) is 12.3 Å². The monoisotopic (exact) mass is 267 g/mol. The lowest BCUT2D eigenvalue weighted by Gasteiger charge is -2.10. The number of nitrogens with zero attached hydrogens (tertiary/aromatic N) is 1. The van der Waals surface area contributed by atoms with Crippen LogP contribution in [0.1, 0.15) is 37.2 Å². The van der Waals surface area contributed by atoms with Gasteiger partial charge in [-0.3, -0.25) is 0 Å². The molecule has 3 heteroatoms. The van der Waals surface area contributed by atoms with Crippen LogP contribution >= 0.6 is 15.9 Å². The third kappa shape index (κ3) is 2.33. The van der Waals surface area contributed by atoms with Gasteiger partial charge in [-0.1, -0.05) is 0 Å². The third-order valence-electron chi connectivity index (χ3n) is 3.05. The minimum absolute atomic E-state index is 0.708. The Morgan fingerprint density at radius 2 is 2.13 bits per heavy atom. The van der Waals surface area contributed by atoms with Crippen molar-refractivity contribution >= 4 is 15.9 Å². The second kappa shape index (κ2) is 3.78. The average molecular weight is 268 g/mol. The SMILES string of the molecule is Brc1cc(OCC2CC2)c(C2CC2)cn1. The molecular formula is C12H14BrNO. The number of rotatable bonds is 4. The van der Waals surface area contributed by atoms with Gasteiger partial charge in [0, 0.05) is 17.8 Å². The number of ether oxygens (including phenoxy) is 1. The highest BCUT2D eigenvalue weighted by Crippen LogP contribution is 2.44. The van der Waals surface area contributed by atoms with Gasteiger partial charge in [0.1, 0.15) is 10.4 Å². The summed E-state index contributed by atoms with van der Waals surface area (Å²) in [6.07, 6.45) is 7.23. The molecule has 0 bridgehead atoms. The van der Waals surface area contributed by atoms with Crippen LogP contribution in [0.15, 0.2) is 16.9 Å². The zero-order valence-electron chi connectivity index (χ0n) is 8.58. The Labute approximate surface area is 98.2 Å². The van der Waals surface area contributed by atoms with Crippen molar-refractivity contribution in [1.29, 1.82) is 0 Å². The van der Waals surface area contributed by atoms with E-state index in [9.17, 15) is 0 Å². The second-order valence-corrected chi connectivity index (χ2v) is 5.39. The molecule has 0 radical (unpaired) electrons. The average Bonchev–Trinajstić information content (AvgIpc) is 3.08. The molecule has 1 heterocycles. The minimum atomic E-state index is 0.708. The smallest absolute Gasteiger partial charge is 0.127 e. The maximum atomic E-state index is 5.87. The fourth-order valence-electron chi connectivity index (χ4n) is 1.74. The Hall–Kier alpha value is -0.570. The van der Waals surface area contributed by atoms with Crippen LogP contribution in [0, 0.1) is 5.92 Å². The summed E-state index contributed by atoms with van der Waals surface area (Å²) in [6.45, 7) is 0.885. The molecule has 2 aliphatic carbocycles. The van der Waals surface area contributed by atoms with E-state index < -0.39 is 0 Å². The molecule has 0 amide bonds. The fraction of sp³-hybridized carbons (Fsp3) is 0.583. The van der Waals surface area contributed by atoms with Crippen molar-refractivity contribution in [1.82, 2.24) is 4.98 Å². The molecule has 3 rings (SSSR count). The Morgan fingerprint density at radius 1 is 1.33 bits per heavy atom. The van der Waals surface area contributed by atoms with Crippen molar-refractivity contribution in [3.63, 3.8) is 0 Å². The predicted molar refractivity (Wildman–Crippen MR) is 62.1 cm³/mol. The highest BCUT2D eigenvalue weighted by molar-refractivity contribution is 9.10. The van der Waals surface area contributed by atoms with Crippen LogP contribution in [0.2, 0.25) is 0 Å². The zero-order chi connectivity index (χ0) is 10.3. The van der Waals surface area contributed by atoms with Gasteiger partial charge in [-0.05, 0) is 53.4 Å². The van der Waals surface area contributed by atoms with Crippen molar-refractivity contribution in [2.24, 2.45) is 5.92 Å². The molecule has 0 aliphatic heterocycles. The maximum Gasteiger partial charge on any atom is 0.127 e. The molecular weight excluding hydrogens is 254 g/mol. The van der Waals surface area contributed by atoms with Crippen molar-refractivity contribution in [3.8, 4) is 5.75 Å². The van der Waals surface area contributed by atoms with Gasteiger partial charge in [-0.2, -0.15) is 0 Å². The molecule has 0 unspecified atom stereocenters. The highest BCUT2D eigenvalue weighted by Gasteiger charge is 2.28. The number of pyridine rings is 1. The number of aromatic nitrogens is 1. The Balaban J connectivity index is 1.78. The molecule has 15 heavy (non-hydrogen) atoms. The molecule has 2 fully saturated rings. The second-order valence-electron chi connectivity index (χ2n) is 4.57. The van der Waals surface area contributed by atoms with Crippen molar-refractivity contribution in [2.45, 2.75) is 31.6 Å². The lowest BCUT2D eigenvalue weighted by Crippen LogP contribution is -2.02. The van der Waals surface area contributed by atoms with Crippen molar-refractivity contribution < 1.29 is 4.74 Å². The van der Waals surface area contributed by atoms with Crippen LogP contribution in [0.3, 0.4) is 0 Å². The summed E-state index contributed by atoms with van der Waals surface area (Å²) in [4.78, 5) is 4.28. The van der Waals surface area contributed by atoms with Gasteiger partial charge < -0.3 is 4.74 Å². The van der Waals surface area contributed by atoms with Crippen molar-refractivity contribution in [3.05, 3.63) is 22.4 Å². The molecule has 1 aromatic heterocycles. The van der Waals surface area contributed by atoms with E-state index in [2.05, 4.69) is 20.9 Å². The van der Waals surface area contributed by atoms with Gasteiger partial charge in [0.15, 0.2) is 0 Å². The van der Waals surface area contributed by atoms with E-state index in [-0.39, 0.29) is 0 Å². The standard InChI is InChI=1S/C12H14BrNO/c13-12-5-11(15-7-8-1-2-8)10(6-14-12)9-3-4-9/h5-6,8-9H,1-4,7H2. The molecule has 0 saturated heterocycles. The van der Waals surface area contributed by atoms with Crippen molar-refractivity contribution in [2.75, 3.05) is 6.61 Å². The molecule has 2 saturated carbocycles. The van der Waals surface area contributed by atoms with Crippen LogP contribution in [-0.2, 0) is 0 Å². The highest BCUT2D eigenvalue weighted by atomic mass is 79.9. The molecule has 80 valence electrons. The van der Waals surface area contributed by atoms with E-state index >= 15 is 0 Å². The molecule has 0 spiro atoms. The first kappa shape index (κ1) is 9.64. The van der Waals surface area contributed by atoms with Crippen LogP contribution in [0.5, 0.6) is 5.75 Å². The lowest BCUT2D eigenvalue weighted by molar-refractivity contribution is 0.296. The van der Waals surface area contributed by atoms with E-state index in [1.165, 1.54) is 31.2 Å². The van der Waals surface area contributed by atoms with Crippen LogP contribution in [0.4, 0.5) is 0 Å². The normalized spacial score (nSPS) is 20.3. The minimum Gasteiger partial charge on any atom is -0.493 e. The van der Waals surface area contributed by atoms with Gasteiger partial charge in [-0.25, -0.2) is 4.98 Å². The summed E-state index contributed by atoms with van der Waals surface area (Å²) >= 11 is 3.40. The first-order valence-electron chi connectivity index (χ1n) is 5.61. The fourth-order valence-corrected chi connectivity index (χ4v) is 2.05. The largest absolute Gasteiger partial charge is 0.493 e. The Kier molecular flexibility index (Phi) is 2.43. The van der Waals surface area contributed by atoms with Gasteiger partial charge in [0.2, 0.25) is 0 Å². The van der Waals surface area contributed by atoms with Gasteiger partial charge in [0.25, 0.3) is 0 Å². The zero-order valence-corrected chi connectivity index (χ0v) is 10.2. The van der Waals surface area contributed by atoms with Gasteiger partial charge in [0.05, 0.1) is 6.61 Å². The maximum absolute atomic E-state index is 5.87. The summed E-state index contributed by atoms with van der Waals surface area (Å²) in [5, 5.41) is 0. The summed E-state index contributed by atoms with van der Waals surface area (Å²) < 4.78 is 6.75. The third-order valence-corrected chi connectivity index (χ3v) is 3.48. The predicted octanol–water partition coefficient (Wildman–Crippen LogP) is 3.51. The summed E-state index contributed by atoms with van der Waals surface area (Å²) in [7, 11) is 0. The van der Waals surface area contributed by atoms with Gasteiger partial charge >= 0.3 is 0 Å². The number of halogens is 1. The molecule has 0 atom stereocenters. The van der Waals surface area contributed by atoms with Crippen LogP contribution < -0.4 is 4.74 Å². The van der Waals surface area contributed by atoms with E-state index in [4.69, 9.17) is 4.74 Å². The molecule has 2 nitrogen and oxygen atoms in total. The lowest BCUT2D eigenvalue weighted by atomic mass is 10.2. The first-order chi connectivity index (χ1) is 7.33. The molecule has 0 aromatic carbocycles. The van der Waals surface area contributed by atoms with E-state index in [0.29, 0.717) is 5.92 Å². The van der Waals surface area contributed by atoms with E-state index in [0.717, 1.165) is 22.9 Å². The Bertz CT molecular complexity index is 372. The first-order valence-corrected chi connectivity index (χ1v) is 6.40. The topological polar surface area (TPSA) is 22.1 Å². The molecule has 1 aromatic rings. The summed E-state index contributed by atoms with van der Waals surface area (Å²) in [5.41, 5.74) is 1.30. The molecule has 0 N–H and O–H groups in total.